The summed E-state index contributed by atoms with van der Waals surface area (Å²) in [5, 5.41) is 0. The van der Waals surface area contributed by atoms with Gasteiger partial charge in [0.2, 0.25) is 0 Å². The van der Waals surface area contributed by atoms with E-state index < -0.39 is 0 Å². The Morgan fingerprint density at radius 3 is 1.72 bits per heavy atom. The summed E-state index contributed by atoms with van der Waals surface area (Å²) in [4.78, 5) is 2.31. The van der Waals surface area contributed by atoms with Gasteiger partial charge in [0, 0.05) is 16.9 Å². The first-order chi connectivity index (χ1) is 12.3. The fourth-order valence-electron chi connectivity index (χ4n) is 3.02. The first kappa shape index (κ1) is 16.8. The van der Waals surface area contributed by atoms with Gasteiger partial charge in [-0.3, -0.25) is 0 Å². The first-order valence-corrected chi connectivity index (χ1v) is 8.63. The molecule has 0 spiro atoms. The fraction of sp³-hybridized carbons (Fsp3) is 0.0833. The molecular formula is C24H23N. The second kappa shape index (κ2) is 8.16. The van der Waals surface area contributed by atoms with Gasteiger partial charge in [-0.1, -0.05) is 72.8 Å². The van der Waals surface area contributed by atoms with Crippen LogP contribution in [0.3, 0.4) is 0 Å². The highest BCUT2D eigenvalue weighted by atomic mass is 15.1. The van der Waals surface area contributed by atoms with Gasteiger partial charge in [-0.25, -0.2) is 0 Å². The Morgan fingerprint density at radius 1 is 0.680 bits per heavy atom. The van der Waals surface area contributed by atoms with Gasteiger partial charge in [0.15, 0.2) is 0 Å². The van der Waals surface area contributed by atoms with Gasteiger partial charge in [0.1, 0.15) is 0 Å². The first-order valence-electron chi connectivity index (χ1n) is 8.63. The second-order valence-corrected chi connectivity index (χ2v) is 5.77. The highest BCUT2D eigenvalue weighted by Crippen LogP contribution is 2.38. The molecule has 0 N–H and O–H groups in total. The van der Waals surface area contributed by atoms with E-state index in [0.717, 1.165) is 11.4 Å². The zero-order chi connectivity index (χ0) is 17.5. The molecule has 0 bridgehead atoms. The molecule has 0 amide bonds. The number of benzene rings is 3. The number of anilines is 3. The lowest BCUT2D eigenvalue weighted by atomic mass is 10.0. The zero-order valence-corrected chi connectivity index (χ0v) is 14.8. The Labute approximate surface area is 150 Å². The van der Waals surface area contributed by atoms with Crippen molar-refractivity contribution >= 4 is 22.6 Å². The van der Waals surface area contributed by atoms with E-state index in [1.165, 1.54) is 16.8 Å². The van der Waals surface area contributed by atoms with Crippen molar-refractivity contribution in [3.63, 3.8) is 0 Å². The number of nitrogens with zero attached hydrogens (tertiary/aromatic N) is 1. The van der Waals surface area contributed by atoms with Crippen molar-refractivity contribution in [2.45, 2.75) is 13.8 Å². The van der Waals surface area contributed by atoms with Crippen LogP contribution >= 0.6 is 0 Å². The Balaban J connectivity index is 2.22. The summed E-state index contributed by atoms with van der Waals surface area (Å²) in [6.45, 7) is 4.14. The molecule has 3 rings (SSSR count). The van der Waals surface area contributed by atoms with Crippen LogP contribution in [-0.4, -0.2) is 0 Å². The molecule has 0 heterocycles. The van der Waals surface area contributed by atoms with Crippen LogP contribution in [0.1, 0.15) is 19.4 Å². The molecule has 0 radical (unpaired) electrons. The molecule has 3 aromatic rings. The fourth-order valence-corrected chi connectivity index (χ4v) is 3.02. The van der Waals surface area contributed by atoms with E-state index in [0.29, 0.717) is 0 Å². The molecule has 0 saturated carbocycles. The van der Waals surface area contributed by atoms with E-state index in [1.807, 2.05) is 0 Å². The predicted molar refractivity (Wildman–Crippen MR) is 110 cm³/mol. The lowest BCUT2D eigenvalue weighted by Gasteiger charge is -2.28. The smallest absolute Gasteiger partial charge is 0.0539 e. The minimum absolute atomic E-state index is 1.15. The van der Waals surface area contributed by atoms with E-state index in [1.54, 1.807) is 0 Å². The molecule has 1 nitrogen and oxygen atoms in total. The molecule has 25 heavy (non-hydrogen) atoms. The summed E-state index contributed by atoms with van der Waals surface area (Å²) >= 11 is 0. The van der Waals surface area contributed by atoms with Crippen LogP contribution in [0.4, 0.5) is 17.1 Å². The Hall–Kier alpha value is -3.06. The standard InChI is InChI=1S/C24H23N/c1-3-13-20(4-2)23-18-11-12-19-24(23)25(21-14-7-5-8-15-21)22-16-9-6-10-17-22/h3-19H,1-2H3/b13-3-,20-4+. The third kappa shape index (κ3) is 3.72. The van der Waals surface area contributed by atoms with Crippen LogP contribution < -0.4 is 4.90 Å². The lowest BCUT2D eigenvalue weighted by molar-refractivity contribution is 1.27. The minimum atomic E-state index is 1.15. The van der Waals surface area contributed by atoms with Crippen molar-refractivity contribution in [1.29, 1.82) is 0 Å². The SMILES string of the molecule is C/C=C\C(=C/C)c1ccccc1N(c1ccccc1)c1ccccc1. The van der Waals surface area contributed by atoms with Gasteiger partial charge in [0.05, 0.1) is 5.69 Å². The van der Waals surface area contributed by atoms with E-state index >= 15 is 0 Å². The largest absolute Gasteiger partial charge is 0.310 e. The average molecular weight is 325 g/mol. The van der Waals surface area contributed by atoms with Crippen molar-refractivity contribution in [3.05, 3.63) is 109 Å². The van der Waals surface area contributed by atoms with Gasteiger partial charge in [-0.05, 0) is 49.8 Å². The number of para-hydroxylation sites is 3. The molecule has 0 fully saturated rings. The summed E-state index contributed by atoms with van der Waals surface area (Å²) < 4.78 is 0. The summed E-state index contributed by atoms with van der Waals surface area (Å²) in [6, 6.07) is 29.6. The molecule has 0 aliphatic heterocycles. The van der Waals surface area contributed by atoms with Gasteiger partial charge >= 0.3 is 0 Å². The van der Waals surface area contributed by atoms with Gasteiger partial charge in [-0.15, -0.1) is 0 Å². The Morgan fingerprint density at radius 2 is 1.20 bits per heavy atom. The predicted octanol–water partition coefficient (Wildman–Crippen LogP) is 7.14. The summed E-state index contributed by atoms with van der Waals surface area (Å²) in [6.07, 6.45) is 6.40. The van der Waals surface area contributed by atoms with Crippen molar-refractivity contribution in [2.24, 2.45) is 0 Å². The molecule has 3 aromatic carbocycles. The average Bonchev–Trinajstić information content (AvgIpc) is 2.69. The third-order valence-electron chi connectivity index (χ3n) is 4.14. The maximum Gasteiger partial charge on any atom is 0.0539 e. The van der Waals surface area contributed by atoms with Crippen LogP contribution in [-0.2, 0) is 0 Å². The molecule has 0 unspecified atom stereocenters. The summed E-state index contributed by atoms with van der Waals surface area (Å²) in [5.41, 5.74) is 5.91. The highest BCUT2D eigenvalue weighted by Gasteiger charge is 2.16. The monoisotopic (exact) mass is 325 g/mol. The van der Waals surface area contributed by atoms with Gasteiger partial charge in [-0.2, -0.15) is 0 Å². The summed E-state index contributed by atoms with van der Waals surface area (Å²) in [7, 11) is 0. The van der Waals surface area contributed by atoms with Gasteiger partial charge < -0.3 is 4.90 Å². The molecule has 0 aromatic heterocycles. The molecule has 1 heteroatoms. The van der Waals surface area contributed by atoms with Crippen LogP contribution in [0.2, 0.25) is 0 Å². The normalized spacial score (nSPS) is 11.7. The van der Waals surface area contributed by atoms with E-state index in [-0.39, 0.29) is 0 Å². The van der Waals surface area contributed by atoms with E-state index in [9.17, 15) is 0 Å². The van der Waals surface area contributed by atoms with Crippen molar-refractivity contribution < 1.29 is 0 Å². The van der Waals surface area contributed by atoms with Crippen LogP contribution in [0, 0.1) is 0 Å². The topological polar surface area (TPSA) is 3.24 Å². The summed E-state index contributed by atoms with van der Waals surface area (Å²) in [5.74, 6) is 0. The molecule has 0 atom stereocenters. The molecule has 0 saturated heterocycles. The van der Waals surface area contributed by atoms with Crippen LogP contribution in [0.25, 0.3) is 5.57 Å². The Kier molecular flexibility index (Phi) is 5.48. The molecular weight excluding hydrogens is 302 g/mol. The van der Waals surface area contributed by atoms with E-state index in [2.05, 4.69) is 122 Å². The van der Waals surface area contributed by atoms with E-state index in [4.69, 9.17) is 0 Å². The highest BCUT2D eigenvalue weighted by molar-refractivity contribution is 5.88. The quantitative estimate of drug-likeness (QED) is 0.451. The lowest BCUT2D eigenvalue weighted by Crippen LogP contribution is -2.11. The maximum absolute atomic E-state index is 2.31. The maximum atomic E-state index is 2.31. The van der Waals surface area contributed by atoms with Crippen molar-refractivity contribution in [2.75, 3.05) is 4.90 Å². The van der Waals surface area contributed by atoms with Crippen molar-refractivity contribution in [3.8, 4) is 0 Å². The number of rotatable bonds is 5. The second-order valence-electron chi connectivity index (χ2n) is 5.77. The van der Waals surface area contributed by atoms with Gasteiger partial charge in [0.25, 0.3) is 0 Å². The van der Waals surface area contributed by atoms with Crippen molar-refractivity contribution in [1.82, 2.24) is 0 Å². The zero-order valence-electron chi connectivity index (χ0n) is 14.8. The van der Waals surface area contributed by atoms with Crippen LogP contribution in [0.5, 0.6) is 0 Å². The number of hydrogen-bond donors (Lipinski definition) is 0. The molecule has 0 aliphatic rings. The van der Waals surface area contributed by atoms with Crippen LogP contribution in [0.15, 0.2) is 103 Å². The minimum Gasteiger partial charge on any atom is -0.310 e. The number of allylic oxidation sites excluding steroid dienone is 4. The Bertz CT molecular complexity index is 821. The third-order valence-corrected chi connectivity index (χ3v) is 4.14. The number of hydrogen-bond acceptors (Lipinski definition) is 1. The molecule has 124 valence electrons. The molecule has 0 aliphatic carbocycles.